The van der Waals surface area contributed by atoms with E-state index >= 15 is 0 Å². The molecule has 0 aliphatic heterocycles. The zero-order chi connectivity index (χ0) is 13.8. The lowest BCUT2D eigenvalue weighted by atomic mass is 10.0. The molecule has 0 heterocycles. The number of hydrogen-bond donors (Lipinski definition) is 0. The van der Waals surface area contributed by atoms with Crippen molar-refractivity contribution in [1.29, 1.82) is 0 Å². The SMILES string of the molecule is Cc1ccc(C(=O)N(C)C2CCCCCC2)cc1C. The van der Waals surface area contributed by atoms with Crippen LogP contribution in [0.4, 0.5) is 0 Å². The zero-order valence-electron chi connectivity index (χ0n) is 12.4. The van der Waals surface area contributed by atoms with Gasteiger partial charge in [0.2, 0.25) is 0 Å². The number of aryl methyl sites for hydroxylation is 2. The van der Waals surface area contributed by atoms with E-state index in [9.17, 15) is 4.79 Å². The second kappa shape index (κ2) is 6.23. The average Bonchev–Trinajstić information content (AvgIpc) is 2.69. The molecule has 1 aliphatic carbocycles. The Labute approximate surface area is 116 Å². The van der Waals surface area contributed by atoms with Crippen LogP contribution >= 0.6 is 0 Å². The molecular weight excluding hydrogens is 234 g/mol. The molecule has 1 aromatic rings. The highest BCUT2D eigenvalue weighted by Crippen LogP contribution is 2.22. The minimum Gasteiger partial charge on any atom is -0.339 e. The second-order valence-electron chi connectivity index (χ2n) is 5.86. The van der Waals surface area contributed by atoms with Crippen molar-refractivity contribution >= 4 is 5.91 Å². The van der Waals surface area contributed by atoms with Crippen LogP contribution in [0.15, 0.2) is 18.2 Å². The maximum atomic E-state index is 12.5. The number of amides is 1. The maximum Gasteiger partial charge on any atom is 0.253 e. The minimum atomic E-state index is 0.176. The third-order valence-electron chi connectivity index (χ3n) is 4.45. The summed E-state index contributed by atoms with van der Waals surface area (Å²) in [4.78, 5) is 14.5. The molecule has 1 aliphatic rings. The van der Waals surface area contributed by atoms with E-state index in [1.165, 1.54) is 36.8 Å². The van der Waals surface area contributed by atoms with E-state index in [-0.39, 0.29) is 5.91 Å². The van der Waals surface area contributed by atoms with Crippen molar-refractivity contribution in [3.05, 3.63) is 34.9 Å². The minimum absolute atomic E-state index is 0.176. The lowest BCUT2D eigenvalue weighted by Gasteiger charge is -2.27. The summed E-state index contributed by atoms with van der Waals surface area (Å²) in [5.74, 6) is 0.176. The third kappa shape index (κ3) is 3.37. The normalized spacial score (nSPS) is 17.0. The molecule has 19 heavy (non-hydrogen) atoms. The predicted molar refractivity (Wildman–Crippen MR) is 79.5 cm³/mol. The molecule has 0 radical (unpaired) electrons. The number of carbonyl (C=O) groups excluding carboxylic acids is 1. The smallest absolute Gasteiger partial charge is 0.253 e. The van der Waals surface area contributed by atoms with Crippen molar-refractivity contribution < 1.29 is 4.79 Å². The highest BCUT2D eigenvalue weighted by atomic mass is 16.2. The largest absolute Gasteiger partial charge is 0.339 e. The highest BCUT2D eigenvalue weighted by molar-refractivity contribution is 5.94. The van der Waals surface area contributed by atoms with Gasteiger partial charge in [-0.3, -0.25) is 4.79 Å². The van der Waals surface area contributed by atoms with Crippen molar-refractivity contribution in [2.45, 2.75) is 58.4 Å². The topological polar surface area (TPSA) is 20.3 Å². The molecule has 2 rings (SSSR count). The maximum absolute atomic E-state index is 12.5. The molecular formula is C17H25NO. The zero-order valence-corrected chi connectivity index (χ0v) is 12.4. The first-order chi connectivity index (χ1) is 9.09. The third-order valence-corrected chi connectivity index (χ3v) is 4.45. The van der Waals surface area contributed by atoms with Gasteiger partial charge in [0, 0.05) is 18.7 Å². The molecule has 1 amide bonds. The molecule has 0 N–H and O–H groups in total. The van der Waals surface area contributed by atoms with Crippen molar-refractivity contribution in [1.82, 2.24) is 4.90 Å². The molecule has 0 aromatic heterocycles. The van der Waals surface area contributed by atoms with E-state index in [1.807, 2.05) is 30.1 Å². The number of nitrogens with zero attached hydrogens (tertiary/aromatic N) is 1. The Bertz CT molecular complexity index is 445. The first-order valence-corrected chi connectivity index (χ1v) is 7.44. The van der Waals surface area contributed by atoms with E-state index in [0.717, 1.165) is 18.4 Å². The average molecular weight is 259 g/mol. The molecule has 0 spiro atoms. The summed E-state index contributed by atoms with van der Waals surface area (Å²) in [5, 5.41) is 0. The van der Waals surface area contributed by atoms with Gasteiger partial charge in [-0.25, -0.2) is 0 Å². The van der Waals surface area contributed by atoms with Crippen molar-refractivity contribution in [3.63, 3.8) is 0 Å². The number of rotatable bonds is 2. The molecule has 2 nitrogen and oxygen atoms in total. The van der Waals surface area contributed by atoms with Crippen LogP contribution in [0.25, 0.3) is 0 Å². The summed E-state index contributed by atoms with van der Waals surface area (Å²) in [6, 6.07) is 6.45. The van der Waals surface area contributed by atoms with Gasteiger partial charge < -0.3 is 4.90 Å². The standard InChI is InChI=1S/C17H25NO/c1-13-10-11-15(12-14(13)2)17(19)18(3)16-8-6-4-5-7-9-16/h10-12,16H,4-9H2,1-3H3. The summed E-state index contributed by atoms with van der Waals surface area (Å²) in [6.45, 7) is 4.15. The van der Waals surface area contributed by atoms with Crippen LogP contribution in [0.2, 0.25) is 0 Å². The van der Waals surface area contributed by atoms with Gasteiger partial charge in [0.15, 0.2) is 0 Å². The van der Waals surface area contributed by atoms with Gasteiger partial charge in [0.1, 0.15) is 0 Å². The fraction of sp³-hybridized carbons (Fsp3) is 0.588. The fourth-order valence-electron chi connectivity index (χ4n) is 2.89. The Hall–Kier alpha value is -1.31. The van der Waals surface area contributed by atoms with E-state index in [2.05, 4.69) is 13.8 Å². The second-order valence-corrected chi connectivity index (χ2v) is 5.86. The van der Waals surface area contributed by atoms with Crippen molar-refractivity contribution in [3.8, 4) is 0 Å². The van der Waals surface area contributed by atoms with Gasteiger partial charge >= 0.3 is 0 Å². The summed E-state index contributed by atoms with van der Waals surface area (Å²) in [6.07, 6.45) is 7.48. The van der Waals surface area contributed by atoms with Gasteiger partial charge in [-0.1, -0.05) is 31.7 Å². The van der Waals surface area contributed by atoms with Crippen LogP contribution in [0.1, 0.15) is 60.0 Å². The van der Waals surface area contributed by atoms with E-state index in [4.69, 9.17) is 0 Å². The Balaban J connectivity index is 2.10. The van der Waals surface area contributed by atoms with Crippen LogP contribution < -0.4 is 0 Å². The van der Waals surface area contributed by atoms with E-state index in [0.29, 0.717) is 6.04 Å². The molecule has 104 valence electrons. The summed E-state index contributed by atoms with van der Waals surface area (Å²) < 4.78 is 0. The molecule has 2 heteroatoms. The Morgan fingerprint density at radius 3 is 2.26 bits per heavy atom. The van der Waals surface area contributed by atoms with Gasteiger partial charge in [0.05, 0.1) is 0 Å². The highest BCUT2D eigenvalue weighted by Gasteiger charge is 2.22. The van der Waals surface area contributed by atoms with Crippen molar-refractivity contribution in [2.24, 2.45) is 0 Å². The fourth-order valence-corrected chi connectivity index (χ4v) is 2.89. The first kappa shape index (κ1) is 14.1. The summed E-state index contributed by atoms with van der Waals surface area (Å²) in [7, 11) is 1.97. The van der Waals surface area contributed by atoms with Crippen LogP contribution in [0, 0.1) is 13.8 Å². The quantitative estimate of drug-likeness (QED) is 0.732. The molecule has 0 bridgehead atoms. The lowest BCUT2D eigenvalue weighted by Crippen LogP contribution is -2.36. The molecule has 0 unspecified atom stereocenters. The van der Waals surface area contributed by atoms with Crippen LogP contribution in [0.5, 0.6) is 0 Å². The first-order valence-electron chi connectivity index (χ1n) is 7.44. The Morgan fingerprint density at radius 2 is 1.68 bits per heavy atom. The van der Waals surface area contributed by atoms with Crippen LogP contribution in [0.3, 0.4) is 0 Å². The molecule has 1 aromatic carbocycles. The van der Waals surface area contributed by atoms with Gasteiger partial charge in [-0.2, -0.15) is 0 Å². The lowest BCUT2D eigenvalue weighted by molar-refractivity contribution is 0.0717. The number of carbonyl (C=O) groups is 1. The predicted octanol–water partition coefficient (Wildman–Crippen LogP) is 4.10. The number of benzene rings is 1. The number of hydrogen-bond acceptors (Lipinski definition) is 1. The summed E-state index contributed by atoms with van der Waals surface area (Å²) in [5.41, 5.74) is 3.27. The van der Waals surface area contributed by atoms with Gasteiger partial charge in [0.25, 0.3) is 5.91 Å². The monoisotopic (exact) mass is 259 g/mol. The van der Waals surface area contributed by atoms with E-state index < -0.39 is 0 Å². The van der Waals surface area contributed by atoms with Crippen LogP contribution in [-0.2, 0) is 0 Å². The molecule has 0 saturated heterocycles. The van der Waals surface area contributed by atoms with Crippen molar-refractivity contribution in [2.75, 3.05) is 7.05 Å². The molecule has 0 atom stereocenters. The molecule has 1 saturated carbocycles. The van der Waals surface area contributed by atoms with Crippen LogP contribution in [-0.4, -0.2) is 23.9 Å². The Morgan fingerprint density at radius 1 is 1.05 bits per heavy atom. The van der Waals surface area contributed by atoms with Gasteiger partial charge in [-0.05, 0) is 49.9 Å². The Kier molecular flexibility index (Phi) is 4.62. The summed E-state index contributed by atoms with van der Waals surface area (Å²) >= 11 is 0. The van der Waals surface area contributed by atoms with E-state index in [1.54, 1.807) is 0 Å². The van der Waals surface area contributed by atoms with Gasteiger partial charge in [-0.15, -0.1) is 0 Å². The molecule has 1 fully saturated rings.